The summed E-state index contributed by atoms with van der Waals surface area (Å²) in [7, 11) is 0. The summed E-state index contributed by atoms with van der Waals surface area (Å²) >= 11 is 0. The molecule has 0 radical (unpaired) electrons. The van der Waals surface area contributed by atoms with Crippen molar-refractivity contribution >= 4 is 23.4 Å². The van der Waals surface area contributed by atoms with Gasteiger partial charge in [0.15, 0.2) is 0 Å². The molecule has 8 heteroatoms. The summed E-state index contributed by atoms with van der Waals surface area (Å²) in [5.74, 6) is -1.37. The van der Waals surface area contributed by atoms with Gasteiger partial charge in [-0.1, -0.05) is 0 Å². The van der Waals surface area contributed by atoms with E-state index in [-0.39, 0.29) is 0 Å². The van der Waals surface area contributed by atoms with Gasteiger partial charge in [0, 0.05) is 44.9 Å². The predicted molar refractivity (Wildman–Crippen MR) is 99.8 cm³/mol. The molecule has 2 aliphatic rings. The molecule has 0 saturated carbocycles. The zero-order valence-corrected chi connectivity index (χ0v) is 14.8. The topological polar surface area (TPSA) is 106 Å². The molecule has 2 fully saturated rings. The first-order valence-electron chi connectivity index (χ1n) is 8.87. The van der Waals surface area contributed by atoms with Crippen molar-refractivity contribution in [2.45, 2.75) is 19.3 Å². The number of carboxylic acid groups (broad SMARTS) is 2. The minimum Gasteiger partial charge on any atom is -0.478 e. The van der Waals surface area contributed by atoms with Crippen molar-refractivity contribution in [2.24, 2.45) is 0 Å². The Kier molecular flexibility index (Phi) is 7.88. The molecule has 26 heavy (non-hydrogen) atoms. The van der Waals surface area contributed by atoms with Gasteiger partial charge in [-0.25, -0.2) is 14.6 Å². The highest BCUT2D eigenvalue weighted by Crippen LogP contribution is 2.21. The summed E-state index contributed by atoms with van der Waals surface area (Å²) in [5, 5.41) is 19.1. The van der Waals surface area contributed by atoms with E-state index in [1.165, 1.54) is 38.0 Å². The van der Waals surface area contributed by atoms with Crippen molar-refractivity contribution < 1.29 is 19.8 Å². The number of nitrogens with one attached hydrogen (secondary N) is 1. The Morgan fingerprint density at radius 1 is 0.923 bits per heavy atom. The first-order chi connectivity index (χ1) is 12.6. The van der Waals surface area contributed by atoms with Gasteiger partial charge in [-0.15, -0.1) is 0 Å². The van der Waals surface area contributed by atoms with Gasteiger partial charge >= 0.3 is 11.9 Å². The second-order valence-electron chi connectivity index (χ2n) is 6.17. The molecule has 0 amide bonds. The summed E-state index contributed by atoms with van der Waals surface area (Å²) < 4.78 is 0. The maximum atomic E-state index is 9.55. The second kappa shape index (κ2) is 10.4. The number of aromatic nitrogens is 1. The Labute approximate surface area is 153 Å². The van der Waals surface area contributed by atoms with Gasteiger partial charge in [-0.3, -0.25) is 0 Å². The van der Waals surface area contributed by atoms with Crippen molar-refractivity contribution in [3.05, 3.63) is 30.5 Å². The molecule has 142 valence electrons. The van der Waals surface area contributed by atoms with E-state index in [1.54, 1.807) is 0 Å². The monoisotopic (exact) mass is 362 g/mol. The summed E-state index contributed by atoms with van der Waals surface area (Å²) in [4.78, 5) is 28.6. The number of hydrogen-bond donors (Lipinski definition) is 3. The van der Waals surface area contributed by atoms with E-state index in [4.69, 9.17) is 10.2 Å². The molecule has 3 rings (SSSR count). The molecule has 3 N–H and O–H groups in total. The summed E-state index contributed by atoms with van der Waals surface area (Å²) in [6.45, 7) is 6.77. The molecular formula is C18H26N4O4. The molecule has 0 unspecified atom stereocenters. The van der Waals surface area contributed by atoms with Gasteiger partial charge in [0.25, 0.3) is 0 Å². The van der Waals surface area contributed by atoms with Crippen molar-refractivity contribution in [1.29, 1.82) is 0 Å². The van der Waals surface area contributed by atoms with Crippen LogP contribution < -0.4 is 15.1 Å². The normalized spacial score (nSPS) is 17.5. The van der Waals surface area contributed by atoms with Crippen LogP contribution in [0.25, 0.3) is 0 Å². The number of nitrogens with zero attached hydrogens (tertiary/aromatic N) is 3. The Hall–Kier alpha value is -2.61. The Morgan fingerprint density at radius 2 is 1.58 bits per heavy atom. The van der Waals surface area contributed by atoms with Crippen LogP contribution in [-0.4, -0.2) is 66.4 Å². The molecule has 2 aliphatic heterocycles. The van der Waals surface area contributed by atoms with Crippen LogP contribution in [0.4, 0.5) is 11.5 Å². The first kappa shape index (κ1) is 19.7. The van der Waals surface area contributed by atoms with E-state index in [0.717, 1.165) is 32.0 Å². The van der Waals surface area contributed by atoms with Crippen molar-refractivity contribution in [3.8, 4) is 0 Å². The molecule has 1 aromatic heterocycles. The van der Waals surface area contributed by atoms with E-state index >= 15 is 0 Å². The number of anilines is 2. The zero-order valence-electron chi connectivity index (χ0n) is 14.8. The van der Waals surface area contributed by atoms with Gasteiger partial charge in [0.1, 0.15) is 5.82 Å². The van der Waals surface area contributed by atoms with E-state index in [9.17, 15) is 9.59 Å². The molecule has 0 aromatic carbocycles. The average Bonchev–Trinajstić information content (AvgIpc) is 3.03. The van der Waals surface area contributed by atoms with E-state index in [1.807, 2.05) is 6.20 Å². The fourth-order valence-corrected chi connectivity index (χ4v) is 2.95. The number of aliphatic carboxylic acids is 2. The van der Waals surface area contributed by atoms with Crippen LogP contribution >= 0.6 is 0 Å². The summed E-state index contributed by atoms with van der Waals surface area (Å²) in [5.41, 5.74) is 1.27. The van der Waals surface area contributed by atoms with Crippen LogP contribution in [-0.2, 0) is 9.59 Å². The summed E-state index contributed by atoms with van der Waals surface area (Å²) in [6.07, 6.45) is 6.99. The molecule has 0 spiro atoms. The lowest BCUT2D eigenvalue weighted by Crippen LogP contribution is -2.28. The first-order valence-corrected chi connectivity index (χ1v) is 8.87. The highest BCUT2D eigenvalue weighted by Gasteiger charge is 2.14. The molecule has 8 nitrogen and oxygen atoms in total. The Balaban J connectivity index is 0.000000260. The highest BCUT2D eigenvalue weighted by molar-refractivity contribution is 5.89. The van der Waals surface area contributed by atoms with Gasteiger partial charge in [0.05, 0.1) is 11.9 Å². The molecule has 3 heterocycles. The number of carbonyl (C=O) groups is 2. The van der Waals surface area contributed by atoms with Crippen LogP contribution in [0.5, 0.6) is 0 Å². The maximum Gasteiger partial charge on any atom is 0.328 e. The van der Waals surface area contributed by atoms with Crippen molar-refractivity contribution in [1.82, 2.24) is 10.3 Å². The SMILES string of the molecule is O=C(O)/C=C/C(=O)O.c1cc(N2CCCC2)ncc1N1CCCNCC1. The van der Waals surface area contributed by atoms with E-state index in [2.05, 4.69) is 32.2 Å². The lowest BCUT2D eigenvalue weighted by molar-refractivity contribution is -0.134. The number of hydrogen-bond acceptors (Lipinski definition) is 6. The standard InChI is InChI=1S/C14H22N4.C4H4O4/c1-2-9-18(8-1)14-5-4-13(12-16-14)17-10-3-6-15-7-11-17;5-3(6)1-2-4(7)8/h4-5,12,15H,1-3,6-11H2;1-2H,(H,5,6)(H,7,8)/b;2-1+. The number of rotatable bonds is 4. The molecule has 2 saturated heterocycles. The average molecular weight is 362 g/mol. The van der Waals surface area contributed by atoms with Gasteiger partial charge in [0.2, 0.25) is 0 Å². The molecule has 0 bridgehead atoms. The van der Waals surface area contributed by atoms with E-state index < -0.39 is 11.9 Å². The lowest BCUT2D eigenvalue weighted by Gasteiger charge is -2.23. The third-order valence-electron chi connectivity index (χ3n) is 4.24. The van der Waals surface area contributed by atoms with Crippen LogP contribution in [0.1, 0.15) is 19.3 Å². The minimum absolute atomic E-state index is 0.558. The van der Waals surface area contributed by atoms with Crippen LogP contribution in [0.15, 0.2) is 30.5 Å². The van der Waals surface area contributed by atoms with Gasteiger partial charge in [-0.05, 0) is 37.9 Å². The fourth-order valence-electron chi connectivity index (χ4n) is 2.95. The van der Waals surface area contributed by atoms with Crippen molar-refractivity contribution in [3.63, 3.8) is 0 Å². The zero-order chi connectivity index (χ0) is 18.8. The highest BCUT2D eigenvalue weighted by atomic mass is 16.4. The maximum absolute atomic E-state index is 9.55. The quantitative estimate of drug-likeness (QED) is 0.686. The molecule has 0 aliphatic carbocycles. The number of carboxylic acids is 2. The third kappa shape index (κ3) is 6.72. The van der Waals surface area contributed by atoms with Gasteiger partial charge in [-0.2, -0.15) is 0 Å². The predicted octanol–water partition coefficient (Wildman–Crippen LogP) is 1.19. The molecule has 0 atom stereocenters. The van der Waals surface area contributed by atoms with Crippen LogP contribution in [0.3, 0.4) is 0 Å². The summed E-state index contributed by atoms with van der Waals surface area (Å²) in [6, 6.07) is 4.41. The van der Waals surface area contributed by atoms with Crippen LogP contribution in [0.2, 0.25) is 0 Å². The third-order valence-corrected chi connectivity index (χ3v) is 4.24. The largest absolute Gasteiger partial charge is 0.478 e. The minimum atomic E-state index is -1.26. The molecular weight excluding hydrogens is 336 g/mol. The lowest BCUT2D eigenvalue weighted by atomic mass is 10.3. The van der Waals surface area contributed by atoms with Gasteiger partial charge < -0.3 is 25.3 Å². The smallest absolute Gasteiger partial charge is 0.328 e. The van der Waals surface area contributed by atoms with Crippen molar-refractivity contribution in [2.75, 3.05) is 49.1 Å². The number of pyridine rings is 1. The molecule has 1 aromatic rings. The van der Waals surface area contributed by atoms with E-state index in [0.29, 0.717) is 12.2 Å². The fraction of sp³-hybridized carbons (Fsp3) is 0.500. The second-order valence-corrected chi connectivity index (χ2v) is 6.17. The van der Waals surface area contributed by atoms with Crippen LogP contribution in [0, 0.1) is 0 Å². The Morgan fingerprint density at radius 3 is 2.15 bits per heavy atom. The Bertz CT molecular complexity index is 588.